The zero-order valence-corrected chi connectivity index (χ0v) is 13.3. The number of benzene rings is 1. The molecule has 0 bridgehead atoms. The fourth-order valence-electron chi connectivity index (χ4n) is 1.53. The number of anilines is 3. The van der Waals surface area contributed by atoms with Gasteiger partial charge in [0.2, 0.25) is 0 Å². The normalized spacial score (nSPS) is 11.3. The van der Waals surface area contributed by atoms with Crippen LogP contribution in [0.5, 0.6) is 0 Å². The van der Waals surface area contributed by atoms with Gasteiger partial charge in [0, 0.05) is 6.04 Å². The van der Waals surface area contributed by atoms with Gasteiger partial charge in [0.1, 0.15) is 5.60 Å². The van der Waals surface area contributed by atoms with Crippen LogP contribution < -0.4 is 16.4 Å². The van der Waals surface area contributed by atoms with Crippen molar-refractivity contribution in [2.75, 3.05) is 16.4 Å². The molecule has 6 heteroatoms. The zero-order valence-electron chi connectivity index (χ0n) is 12.5. The average molecular weight is 300 g/mol. The van der Waals surface area contributed by atoms with E-state index >= 15 is 0 Å². The highest BCUT2D eigenvalue weighted by Crippen LogP contribution is 2.31. The molecule has 4 N–H and O–H groups in total. The van der Waals surface area contributed by atoms with Crippen LogP contribution in [0, 0.1) is 0 Å². The van der Waals surface area contributed by atoms with E-state index in [-0.39, 0.29) is 6.04 Å². The highest BCUT2D eigenvalue weighted by Gasteiger charge is 2.17. The number of nitrogens with two attached hydrogens (primary N) is 1. The lowest BCUT2D eigenvalue weighted by molar-refractivity contribution is 0.0636. The summed E-state index contributed by atoms with van der Waals surface area (Å²) in [6, 6.07) is 3.51. The van der Waals surface area contributed by atoms with Crippen molar-refractivity contribution in [3.63, 3.8) is 0 Å². The quantitative estimate of drug-likeness (QED) is 0.735. The zero-order chi connectivity index (χ0) is 15.5. The van der Waals surface area contributed by atoms with E-state index in [2.05, 4.69) is 10.6 Å². The molecule has 1 rings (SSSR count). The van der Waals surface area contributed by atoms with Crippen molar-refractivity contribution >= 4 is 34.8 Å². The molecule has 1 amide bonds. The van der Waals surface area contributed by atoms with Crippen molar-refractivity contribution in [2.45, 2.75) is 46.3 Å². The van der Waals surface area contributed by atoms with Gasteiger partial charge >= 0.3 is 6.09 Å². The molecule has 0 aromatic heterocycles. The standard InChI is InChI=1S/C14H22ClN3O2/c1-8(2)17-11-7-12(10(16)6-9(11)15)18-13(19)20-14(3,4)5/h6-8,17H,16H2,1-5H3,(H,18,19). The molecule has 0 aliphatic carbocycles. The molecule has 0 saturated heterocycles. The minimum absolute atomic E-state index is 0.213. The summed E-state index contributed by atoms with van der Waals surface area (Å²) in [5.41, 5.74) is 6.84. The van der Waals surface area contributed by atoms with Crippen molar-refractivity contribution < 1.29 is 9.53 Å². The van der Waals surface area contributed by atoms with E-state index in [4.69, 9.17) is 22.1 Å². The Bertz CT molecular complexity index is 496. The van der Waals surface area contributed by atoms with E-state index in [9.17, 15) is 4.79 Å². The van der Waals surface area contributed by atoms with Crippen LogP contribution >= 0.6 is 11.6 Å². The van der Waals surface area contributed by atoms with E-state index in [1.165, 1.54) is 0 Å². The Balaban J connectivity index is 2.92. The highest BCUT2D eigenvalue weighted by molar-refractivity contribution is 6.33. The van der Waals surface area contributed by atoms with Crippen LogP contribution in [-0.2, 0) is 4.74 Å². The Morgan fingerprint density at radius 2 is 1.90 bits per heavy atom. The lowest BCUT2D eigenvalue weighted by Gasteiger charge is -2.21. The molecule has 0 atom stereocenters. The Morgan fingerprint density at radius 1 is 1.30 bits per heavy atom. The van der Waals surface area contributed by atoms with Gasteiger partial charge in [-0.1, -0.05) is 11.6 Å². The molecule has 1 aromatic rings. The van der Waals surface area contributed by atoms with Gasteiger partial charge in [-0.05, 0) is 46.8 Å². The Hall–Kier alpha value is -1.62. The molecule has 1 aromatic carbocycles. The van der Waals surface area contributed by atoms with Crippen molar-refractivity contribution in [1.29, 1.82) is 0 Å². The van der Waals surface area contributed by atoms with Gasteiger partial charge in [0.05, 0.1) is 22.1 Å². The van der Waals surface area contributed by atoms with Gasteiger partial charge in [0.25, 0.3) is 0 Å². The monoisotopic (exact) mass is 299 g/mol. The molecule has 0 radical (unpaired) electrons. The lowest BCUT2D eigenvalue weighted by Crippen LogP contribution is -2.27. The van der Waals surface area contributed by atoms with Gasteiger partial charge in [-0.2, -0.15) is 0 Å². The number of amides is 1. The third-order valence-corrected chi connectivity index (χ3v) is 2.53. The van der Waals surface area contributed by atoms with Crippen molar-refractivity contribution in [3.05, 3.63) is 17.2 Å². The lowest BCUT2D eigenvalue weighted by atomic mass is 10.2. The molecular weight excluding hydrogens is 278 g/mol. The molecule has 0 saturated carbocycles. The molecule has 5 nitrogen and oxygen atoms in total. The van der Waals surface area contributed by atoms with Crippen LogP contribution in [0.2, 0.25) is 5.02 Å². The van der Waals surface area contributed by atoms with Crippen LogP contribution in [0.15, 0.2) is 12.1 Å². The van der Waals surface area contributed by atoms with Gasteiger partial charge in [-0.25, -0.2) is 4.79 Å². The van der Waals surface area contributed by atoms with Gasteiger partial charge in [0.15, 0.2) is 0 Å². The Morgan fingerprint density at radius 3 is 2.40 bits per heavy atom. The first kappa shape index (κ1) is 16.4. The predicted molar refractivity (Wildman–Crippen MR) is 84.5 cm³/mol. The molecule has 112 valence electrons. The van der Waals surface area contributed by atoms with E-state index in [1.807, 2.05) is 13.8 Å². The summed E-state index contributed by atoms with van der Waals surface area (Å²) < 4.78 is 5.19. The second-order valence-corrected chi connectivity index (χ2v) is 6.25. The minimum Gasteiger partial charge on any atom is -0.444 e. The molecule has 0 unspecified atom stereocenters. The summed E-state index contributed by atoms with van der Waals surface area (Å²) in [7, 11) is 0. The van der Waals surface area contributed by atoms with E-state index in [1.54, 1.807) is 32.9 Å². The number of carbonyl (C=O) groups is 1. The summed E-state index contributed by atoms with van der Waals surface area (Å²) in [4.78, 5) is 11.8. The minimum atomic E-state index is -0.565. The van der Waals surface area contributed by atoms with Gasteiger partial charge in [-0.15, -0.1) is 0 Å². The molecule has 0 fully saturated rings. The Labute approximate surface area is 124 Å². The number of hydrogen-bond acceptors (Lipinski definition) is 4. The summed E-state index contributed by atoms with van der Waals surface area (Å²) in [5.74, 6) is 0. The number of rotatable bonds is 3. The van der Waals surface area contributed by atoms with Crippen LogP contribution in [0.4, 0.5) is 21.9 Å². The third kappa shape index (κ3) is 5.17. The number of nitrogens with one attached hydrogen (secondary N) is 2. The topological polar surface area (TPSA) is 76.4 Å². The van der Waals surface area contributed by atoms with Crippen molar-refractivity contribution in [1.82, 2.24) is 0 Å². The molecule has 0 spiro atoms. The summed E-state index contributed by atoms with van der Waals surface area (Å²) in [6.07, 6.45) is -0.554. The average Bonchev–Trinajstić information content (AvgIpc) is 2.21. The molecule has 20 heavy (non-hydrogen) atoms. The van der Waals surface area contributed by atoms with Crippen LogP contribution in [0.3, 0.4) is 0 Å². The highest BCUT2D eigenvalue weighted by atomic mass is 35.5. The van der Waals surface area contributed by atoms with Crippen LogP contribution in [-0.4, -0.2) is 17.7 Å². The van der Waals surface area contributed by atoms with E-state index < -0.39 is 11.7 Å². The Kier molecular flexibility index (Phi) is 5.11. The van der Waals surface area contributed by atoms with Crippen molar-refractivity contribution in [3.8, 4) is 0 Å². The molecule has 0 aliphatic rings. The maximum absolute atomic E-state index is 11.8. The largest absolute Gasteiger partial charge is 0.444 e. The van der Waals surface area contributed by atoms with Gasteiger partial charge < -0.3 is 15.8 Å². The molecular formula is C14H22ClN3O2. The first-order valence-corrected chi connectivity index (χ1v) is 6.82. The van der Waals surface area contributed by atoms with E-state index in [0.717, 1.165) is 0 Å². The number of hydrogen-bond donors (Lipinski definition) is 3. The molecule has 0 aliphatic heterocycles. The van der Waals surface area contributed by atoms with E-state index in [0.29, 0.717) is 22.1 Å². The molecule has 0 heterocycles. The second-order valence-electron chi connectivity index (χ2n) is 5.85. The van der Waals surface area contributed by atoms with Crippen LogP contribution in [0.1, 0.15) is 34.6 Å². The maximum Gasteiger partial charge on any atom is 0.412 e. The van der Waals surface area contributed by atoms with Crippen LogP contribution in [0.25, 0.3) is 0 Å². The van der Waals surface area contributed by atoms with Gasteiger partial charge in [-0.3, -0.25) is 5.32 Å². The maximum atomic E-state index is 11.8. The summed E-state index contributed by atoms with van der Waals surface area (Å²) in [6.45, 7) is 9.37. The predicted octanol–water partition coefficient (Wildman–Crippen LogP) is 4.09. The number of carbonyl (C=O) groups excluding carboxylic acids is 1. The first-order chi connectivity index (χ1) is 9.08. The second kappa shape index (κ2) is 6.22. The number of ether oxygens (including phenoxy) is 1. The summed E-state index contributed by atoms with van der Waals surface area (Å²) in [5, 5.41) is 6.31. The number of halogens is 1. The third-order valence-electron chi connectivity index (χ3n) is 2.22. The number of nitrogen functional groups attached to an aromatic ring is 1. The SMILES string of the molecule is CC(C)Nc1cc(NC(=O)OC(C)(C)C)c(N)cc1Cl. The van der Waals surface area contributed by atoms with Crippen molar-refractivity contribution in [2.24, 2.45) is 0 Å². The fraction of sp³-hybridized carbons (Fsp3) is 0.500. The first-order valence-electron chi connectivity index (χ1n) is 6.44. The fourth-order valence-corrected chi connectivity index (χ4v) is 1.76. The smallest absolute Gasteiger partial charge is 0.412 e. The summed E-state index contributed by atoms with van der Waals surface area (Å²) >= 11 is 6.10.